The first kappa shape index (κ1) is 14.7. The second-order valence-electron chi connectivity index (χ2n) is 3.96. The quantitative estimate of drug-likeness (QED) is 0.304. The summed E-state index contributed by atoms with van der Waals surface area (Å²) in [6, 6.07) is 5.91. The average molecular weight is 287 g/mol. The second kappa shape index (κ2) is 7.15. The molecule has 0 aliphatic rings. The number of rotatable bonds is 5. The first-order valence-electron chi connectivity index (χ1n) is 5.66. The molecule has 0 saturated heterocycles. The number of hydrogen-bond acceptors (Lipinski definition) is 1. The highest BCUT2D eigenvalue weighted by Crippen LogP contribution is 2.26. The van der Waals surface area contributed by atoms with Crippen molar-refractivity contribution in [2.45, 2.75) is 26.2 Å². The number of alkyl halides is 1. The van der Waals surface area contributed by atoms with Crippen LogP contribution in [0.25, 0.3) is 0 Å². The van der Waals surface area contributed by atoms with Crippen LogP contribution in [-0.4, -0.2) is 10.7 Å². The van der Waals surface area contributed by atoms with E-state index in [2.05, 4.69) is 19.9 Å². The van der Waals surface area contributed by atoms with Gasteiger partial charge in [-0.05, 0) is 41.7 Å². The number of hydrogen-bond donors (Lipinski definition) is 0. The van der Waals surface area contributed by atoms with Gasteiger partial charge in [-0.15, -0.1) is 11.6 Å². The summed E-state index contributed by atoms with van der Waals surface area (Å²) < 4.78 is 0. The molecule has 3 heteroatoms. The fourth-order valence-corrected chi connectivity index (χ4v) is 2.17. The minimum absolute atomic E-state index is 0.472. The summed E-state index contributed by atoms with van der Waals surface area (Å²) in [5, 5.41) is 0.716. The minimum Gasteiger partial charge on any atom is -0.122 e. The predicted octanol–water partition coefficient (Wildman–Crippen LogP) is 5.37. The van der Waals surface area contributed by atoms with Crippen LogP contribution in [0, 0.1) is 0 Å². The van der Waals surface area contributed by atoms with E-state index in [9.17, 15) is 0 Å². The van der Waals surface area contributed by atoms with E-state index in [1.165, 1.54) is 5.56 Å². The van der Waals surface area contributed by atoms with Gasteiger partial charge in [0.15, 0.2) is 0 Å². The van der Waals surface area contributed by atoms with E-state index in [-0.39, 0.29) is 0 Å². The Balaban J connectivity index is 3.15. The van der Waals surface area contributed by atoms with Crippen molar-refractivity contribution < 1.29 is 0 Å². The Morgan fingerprint density at radius 3 is 2.76 bits per heavy atom. The van der Waals surface area contributed by atoms with Gasteiger partial charge in [-0.2, -0.15) is 0 Å². The van der Waals surface area contributed by atoms with E-state index in [0.717, 1.165) is 16.8 Å². The summed E-state index contributed by atoms with van der Waals surface area (Å²) in [5.41, 5.74) is 2.30. The van der Waals surface area contributed by atoms with Gasteiger partial charge < -0.3 is 0 Å². The first-order chi connectivity index (χ1) is 8.10. The van der Waals surface area contributed by atoms with Crippen LogP contribution in [0.2, 0.25) is 5.02 Å². The highest BCUT2D eigenvalue weighted by molar-refractivity contribution is 7.81. The van der Waals surface area contributed by atoms with Gasteiger partial charge in [-0.25, -0.2) is 0 Å². The maximum atomic E-state index is 6.03. The van der Waals surface area contributed by atoms with Gasteiger partial charge >= 0.3 is 0 Å². The van der Waals surface area contributed by atoms with E-state index < -0.39 is 0 Å². The van der Waals surface area contributed by atoms with Gasteiger partial charge in [0.1, 0.15) is 0 Å². The molecule has 1 unspecified atom stereocenters. The molecule has 0 spiro atoms. The number of allylic oxidation sites excluding steroid dienone is 2. The molecule has 1 aromatic rings. The fraction of sp³-hybridized carbons (Fsp3) is 0.357. The van der Waals surface area contributed by atoms with Crippen molar-refractivity contribution in [2.75, 3.05) is 5.88 Å². The SMILES string of the molecule is CCC(C)c1ccc(Cl)cc1C(=S)/C=C\CCl. The summed E-state index contributed by atoms with van der Waals surface area (Å²) in [4.78, 5) is 0.795. The van der Waals surface area contributed by atoms with Crippen LogP contribution in [0.4, 0.5) is 0 Å². The summed E-state index contributed by atoms with van der Waals surface area (Å²) in [7, 11) is 0. The van der Waals surface area contributed by atoms with Gasteiger partial charge in [0.05, 0.1) is 0 Å². The van der Waals surface area contributed by atoms with Crippen LogP contribution in [0.15, 0.2) is 30.4 Å². The Hall–Kier alpha value is -0.370. The molecule has 92 valence electrons. The molecule has 1 aromatic carbocycles. The smallest absolute Gasteiger partial charge is 0.0450 e. The number of halogens is 2. The molecule has 0 nitrogen and oxygen atoms in total. The van der Waals surface area contributed by atoms with Crippen molar-refractivity contribution in [3.8, 4) is 0 Å². The highest BCUT2D eigenvalue weighted by Gasteiger charge is 2.11. The third-order valence-corrected chi connectivity index (χ3v) is 3.55. The van der Waals surface area contributed by atoms with Crippen molar-refractivity contribution in [2.24, 2.45) is 0 Å². The molecular formula is C14H16Cl2S. The fourth-order valence-electron chi connectivity index (χ4n) is 1.63. The number of benzene rings is 1. The molecule has 0 radical (unpaired) electrons. The third kappa shape index (κ3) is 4.09. The lowest BCUT2D eigenvalue weighted by molar-refractivity contribution is 0.732. The Kier molecular flexibility index (Phi) is 6.18. The molecule has 1 atom stereocenters. The molecular weight excluding hydrogens is 271 g/mol. The zero-order valence-electron chi connectivity index (χ0n) is 10.0. The Bertz CT molecular complexity index is 424. The van der Waals surface area contributed by atoms with Gasteiger partial charge in [-0.3, -0.25) is 0 Å². The molecule has 0 heterocycles. The summed E-state index contributed by atoms with van der Waals surface area (Å²) in [6.45, 7) is 4.36. The maximum Gasteiger partial charge on any atom is 0.0450 e. The van der Waals surface area contributed by atoms with E-state index in [0.29, 0.717) is 16.8 Å². The van der Waals surface area contributed by atoms with Crippen molar-refractivity contribution >= 4 is 40.3 Å². The Labute approximate surface area is 119 Å². The van der Waals surface area contributed by atoms with Crippen LogP contribution in [0.5, 0.6) is 0 Å². The second-order valence-corrected chi connectivity index (χ2v) is 5.15. The van der Waals surface area contributed by atoms with Crippen LogP contribution in [0.3, 0.4) is 0 Å². The van der Waals surface area contributed by atoms with Crippen molar-refractivity contribution in [3.63, 3.8) is 0 Å². The molecule has 0 aromatic heterocycles. The van der Waals surface area contributed by atoms with Gasteiger partial charge in [0, 0.05) is 15.8 Å². The van der Waals surface area contributed by atoms with Gasteiger partial charge in [0.25, 0.3) is 0 Å². The minimum atomic E-state index is 0.472. The first-order valence-corrected chi connectivity index (χ1v) is 6.98. The zero-order chi connectivity index (χ0) is 12.8. The monoisotopic (exact) mass is 286 g/mol. The van der Waals surface area contributed by atoms with Crippen LogP contribution >= 0.6 is 35.4 Å². The molecule has 0 amide bonds. The molecule has 0 saturated carbocycles. The van der Waals surface area contributed by atoms with Gasteiger partial charge in [0.2, 0.25) is 0 Å². The molecule has 0 aliphatic heterocycles. The largest absolute Gasteiger partial charge is 0.122 e. The van der Waals surface area contributed by atoms with Crippen molar-refractivity contribution in [1.82, 2.24) is 0 Å². The lowest BCUT2D eigenvalue weighted by Gasteiger charge is -2.14. The Morgan fingerprint density at radius 2 is 2.18 bits per heavy atom. The van der Waals surface area contributed by atoms with E-state index in [1.54, 1.807) is 0 Å². The normalized spacial score (nSPS) is 12.9. The van der Waals surface area contributed by atoms with E-state index in [1.807, 2.05) is 24.3 Å². The molecule has 1 rings (SSSR count). The lowest BCUT2D eigenvalue weighted by Crippen LogP contribution is -2.03. The summed E-state index contributed by atoms with van der Waals surface area (Å²) in [6.07, 6.45) is 4.81. The molecule has 0 bridgehead atoms. The standard InChI is InChI=1S/C14H16Cl2S/c1-3-10(2)12-7-6-11(16)9-13(12)14(17)5-4-8-15/h4-7,9-10H,3,8H2,1-2H3/b5-4-. The summed E-state index contributed by atoms with van der Waals surface area (Å²) in [5.74, 6) is 0.948. The third-order valence-electron chi connectivity index (χ3n) is 2.78. The molecule has 0 N–H and O–H groups in total. The van der Waals surface area contributed by atoms with E-state index in [4.69, 9.17) is 35.4 Å². The molecule has 0 aliphatic carbocycles. The van der Waals surface area contributed by atoms with Crippen molar-refractivity contribution in [3.05, 3.63) is 46.5 Å². The average Bonchev–Trinajstić information content (AvgIpc) is 2.34. The van der Waals surface area contributed by atoms with Gasteiger partial charge in [-0.1, -0.05) is 49.8 Å². The lowest BCUT2D eigenvalue weighted by atomic mass is 9.92. The zero-order valence-corrected chi connectivity index (χ0v) is 12.4. The number of thiocarbonyl (C=S) groups is 1. The van der Waals surface area contributed by atoms with Crippen LogP contribution in [0.1, 0.15) is 37.3 Å². The Morgan fingerprint density at radius 1 is 1.47 bits per heavy atom. The maximum absolute atomic E-state index is 6.03. The highest BCUT2D eigenvalue weighted by atomic mass is 35.5. The van der Waals surface area contributed by atoms with Crippen LogP contribution in [-0.2, 0) is 0 Å². The predicted molar refractivity (Wildman–Crippen MR) is 81.7 cm³/mol. The topological polar surface area (TPSA) is 0 Å². The van der Waals surface area contributed by atoms with Crippen LogP contribution < -0.4 is 0 Å². The van der Waals surface area contributed by atoms with E-state index >= 15 is 0 Å². The molecule has 0 fully saturated rings. The molecule has 17 heavy (non-hydrogen) atoms. The summed E-state index contributed by atoms with van der Waals surface area (Å²) >= 11 is 17.1. The van der Waals surface area contributed by atoms with Crippen molar-refractivity contribution in [1.29, 1.82) is 0 Å².